The molecule has 72 valence electrons. The van der Waals surface area contributed by atoms with Crippen LogP contribution in [0.3, 0.4) is 0 Å². The summed E-state index contributed by atoms with van der Waals surface area (Å²) in [5.41, 5.74) is 3.78. The molecule has 1 N–H and O–H groups in total. The molecule has 0 bridgehead atoms. The van der Waals surface area contributed by atoms with Crippen LogP contribution in [0.2, 0.25) is 0 Å². The zero-order valence-electron chi connectivity index (χ0n) is 8.67. The maximum absolute atomic E-state index is 9.41. The van der Waals surface area contributed by atoms with Crippen molar-refractivity contribution in [1.82, 2.24) is 0 Å². The van der Waals surface area contributed by atoms with Crippen LogP contribution < -0.4 is 0 Å². The highest BCUT2D eigenvalue weighted by molar-refractivity contribution is 5.33. The van der Waals surface area contributed by atoms with Gasteiger partial charge in [-0.25, -0.2) is 0 Å². The summed E-state index contributed by atoms with van der Waals surface area (Å²) in [5, 5.41) is 9.41. The van der Waals surface area contributed by atoms with Crippen LogP contribution in [0, 0.1) is 0 Å². The summed E-state index contributed by atoms with van der Waals surface area (Å²) in [5.74, 6) is 0. The Balaban J connectivity index is 3.05. The van der Waals surface area contributed by atoms with Gasteiger partial charge in [0.1, 0.15) is 0 Å². The number of aliphatic hydroxyl groups is 1. The van der Waals surface area contributed by atoms with Crippen molar-refractivity contribution < 1.29 is 5.11 Å². The van der Waals surface area contributed by atoms with E-state index in [0.29, 0.717) is 0 Å². The molecule has 0 aromatic heterocycles. The number of hydrogen-bond acceptors (Lipinski definition) is 1. The Hall–Kier alpha value is -0.820. The quantitative estimate of drug-likeness (QED) is 0.754. The lowest BCUT2D eigenvalue weighted by molar-refractivity contribution is 0.199. The van der Waals surface area contributed by atoms with Crippen molar-refractivity contribution in [3.05, 3.63) is 34.9 Å². The Morgan fingerprint density at radius 3 is 2.23 bits per heavy atom. The van der Waals surface area contributed by atoms with Crippen LogP contribution in [-0.4, -0.2) is 5.11 Å². The third kappa shape index (κ3) is 2.31. The lowest BCUT2D eigenvalue weighted by Gasteiger charge is -2.10. The number of rotatable bonds is 3. The lowest BCUT2D eigenvalue weighted by Crippen LogP contribution is -1.96. The van der Waals surface area contributed by atoms with E-state index in [1.807, 2.05) is 6.07 Å². The molecule has 0 amide bonds. The van der Waals surface area contributed by atoms with Gasteiger partial charge < -0.3 is 5.11 Å². The molecule has 0 aliphatic carbocycles. The third-order valence-electron chi connectivity index (χ3n) is 2.47. The van der Waals surface area contributed by atoms with Gasteiger partial charge in [0.25, 0.3) is 0 Å². The highest BCUT2D eigenvalue weighted by Gasteiger charge is 2.04. The Morgan fingerprint density at radius 1 is 1.15 bits per heavy atom. The van der Waals surface area contributed by atoms with Crippen molar-refractivity contribution in [3.63, 3.8) is 0 Å². The topological polar surface area (TPSA) is 20.2 Å². The molecule has 1 nitrogen and oxygen atoms in total. The molecule has 1 aromatic carbocycles. The summed E-state index contributed by atoms with van der Waals surface area (Å²) in [6.07, 6.45) is 1.77. The van der Waals surface area contributed by atoms with Crippen molar-refractivity contribution in [3.8, 4) is 0 Å². The first-order valence-electron chi connectivity index (χ1n) is 4.98. The van der Waals surface area contributed by atoms with Gasteiger partial charge in [-0.2, -0.15) is 0 Å². The zero-order valence-corrected chi connectivity index (χ0v) is 8.67. The van der Waals surface area contributed by atoms with Gasteiger partial charge >= 0.3 is 0 Å². The molecule has 0 radical (unpaired) electrons. The fraction of sp³-hybridized carbons (Fsp3) is 0.500. The zero-order chi connectivity index (χ0) is 9.84. The van der Waals surface area contributed by atoms with E-state index in [4.69, 9.17) is 0 Å². The Labute approximate surface area is 80.4 Å². The average molecular weight is 178 g/mol. The van der Waals surface area contributed by atoms with E-state index >= 15 is 0 Å². The molecule has 1 heteroatoms. The van der Waals surface area contributed by atoms with Crippen molar-refractivity contribution in [2.75, 3.05) is 0 Å². The van der Waals surface area contributed by atoms with E-state index in [1.165, 1.54) is 11.1 Å². The van der Waals surface area contributed by atoms with E-state index < -0.39 is 0 Å². The number of hydrogen-bond donors (Lipinski definition) is 1. The molecule has 1 rings (SSSR count). The average Bonchev–Trinajstić information content (AvgIpc) is 2.16. The molecule has 0 unspecified atom stereocenters. The van der Waals surface area contributed by atoms with E-state index in [2.05, 4.69) is 26.0 Å². The summed E-state index contributed by atoms with van der Waals surface area (Å²) in [6, 6.07) is 6.26. The van der Waals surface area contributed by atoms with Crippen LogP contribution in [0.5, 0.6) is 0 Å². The molecule has 0 aliphatic rings. The molecule has 1 atom stereocenters. The lowest BCUT2D eigenvalue weighted by atomic mass is 9.98. The van der Waals surface area contributed by atoms with Crippen molar-refractivity contribution in [2.45, 2.75) is 39.7 Å². The second-order valence-corrected chi connectivity index (χ2v) is 3.41. The van der Waals surface area contributed by atoms with Crippen molar-refractivity contribution in [2.24, 2.45) is 0 Å². The van der Waals surface area contributed by atoms with Crippen LogP contribution in [0.25, 0.3) is 0 Å². The fourth-order valence-corrected chi connectivity index (χ4v) is 1.58. The summed E-state index contributed by atoms with van der Waals surface area (Å²) < 4.78 is 0. The number of benzene rings is 1. The minimum absolute atomic E-state index is 0.351. The van der Waals surface area contributed by atoms with Crippen LogP contribution in [-0.2, 0) is 12.8 Å². The van der Waals surface area contributed by atoms with Crippen LogP contribution >= 0.6 is 0 Å². The summed E-state index contributed by atoms with van der Waals surface area (Å²) in [7, 11) is 0. The Bertz CT molecular complexity index is 276. The van der Waals surface area contributed by atoms with Gasteiger partial charge in [0, 0.05) is 0 Å². The summed E-state index contributed by atoms with van der Waals surface area (Å²) in [4.78, 5) is 0. The predicted molar refractivity (Wildman–Crippen MR) is 55.8 cm³/mol. The largest absolute Gasteiger partial charge is 0.389 e. The second-order valence-electron chi connectivity index (χ2n) is 3.41. The highest BCUT2D eigenvalue weighted by atomic mass is 16.3. The predicted octanol–water partition coefficient (Wildman–Crippen LogP) is 2.86. The van der Waals surface area contributed by atoms with Gasteiger partial charge in [-0.1, -0.05) is 32.0 Å². The molecular weight excluding hydrogens is 160 g/mol. The normalized spacial score (nSPS) is 12.9. The van der Waals surface area contributed by atoms with E-state index in [9.17, 15) is 5.11 Å². The maximum Gasteiger partial charge on any atom is 0.0762 e. The van der Waals surface area contributed by atoms with Crippen LogP contribution in [0.1, 0.15) is 43.6 Å². The summed E-state index contributed by atoms with van der Waals surface area (Å²) in [6.45, 7) is 6.12. The van der Waals surface area contributed by atoms with Gasteiger partial charge in [-0.05, 0) is 36.5 Å². The molecule has 0 saturated carbocycles. The van der Waals surface area contributed by atoms with Gasteiger partial charge in [0.15, 0.2) is 0 Å². The first kappa shape index (κ1) is 10.3. The monoisotopic (exact) mass is 178 g/mol. The standard InChI is InChI=1S/C12H18O/c1-4-10-6-7-12(9(3)13)8-11(10)5-2/h6-9,13H,4-5H2,1-3H3/t9-/m1/s1. The third-order valence-corrected chi connectivity index (χ3v) is 2.47. The second kappa shape index (κ2) is 4.43. The Morgan fingerprint density at radius 2 is 1.77 bits per heavy atom. The molecule has 1 aromatic rings. The minimum Gasteiger partial charge on any atom is -0.389 e. The first-order valence-corrected chi connectivity index (χ1v) is 4.98. The van der Waals surface area contributed by atoms with E-state index in [1.54, 1.807) is 6.92 Å². The van der Waals surface area contributed by atoms with Crippen LogP contribution in [0.15, 0.2) is 18.2 Å². The first-order chi connectivity index (χ1) is 6.19. The van der Waals surface area contributed by atoms with E-state index in [0.717, 1.165) is 18.4 Å². The molecule has 0 saturated heterocycles. The number of aryl methyl sites for hydroxylation is 2. The highest BCUT2D eigenvalue weighted by Crippen LogP contribution is 2.18. The maximum atomic E-state index is 9.41. The van der Waals surface area contributed by atoms with E-state index in [-0.39, 0.29) is 6.10 Å². The van der Waals surface area contributed by atoms with Gasteiger partial charge in [0.2, 0.25) is 0 Å². The smallest absolute Gasteiger partial charge is 0.0762 e. The van der Waals surface area contributed by atoms with Gasteiger partial charge in [-0.3, -0.25) is 0 Å². The molecule has 0 fully saturated rings. The minimum atomic E-state index is -0.351. The van der Waals surface area contributed by atoms with Gasteiger partial charge in [-0.15, -0.1) is 0 Å². The van der Waals surface area contributed by atoms with Crippen molar-refractivity contribution >= 4 is 0 Å². The Kier molecular flexibility index (Phi) is 3.49. The molecule has 0 aliphatic heterocycles. The molecule has 0 heterocycles. The molecule has 0 spiro atoms. The summed E-state index contributed by atoms with van der Waals surface area (Å²) >= 11 is 0. The van der Waals surface area contributed by atoms with Crippen LogP contribution in [0.4, 0.5) is 0 Å². The molecule has 13 heavy (non-hydrogen) atoms. The van der Waals surface area contributed by atoms with Gasteiger partial charge in [0.05, 0.1) is 6.10 Å². The fourth-order valence-electron chi connectivity index (χ4n) is 1.58. The number of aliphatic hydroxyl groups excluding tert-OH is 1. The molecular formula is C12H18O. The van der Waals surface area contributed by atoms with Crippen molar-refractivity contribution in [1.29, 1.82) is 0 Å². The SMILES string of the molecule is CCc1ccc([C@@H](C)O)cc1CC.